The summed E-state index contributed by atoms with van der Waals surface area (Å²) in [5.41, 5.74) is 3.78. The van der Waals surface area contributed by atoms with Crippen LogP contribution >= 0.6 is 15.9 Å². The number of hydrazone groups is 1. The van der Waals surface area contributed by atoms with E-state index in [0.29, 0.717) is 40.5 Å². The Morgan fingerprint density at radius 3 is 2.28 bits per heavy atom. The molecule has 0 aliphatic rings. The topological polar surface area (TPSA) is 86.2 Å². The maximum absolute atomic E-state index is 12.5. The summed E-state index contributed by atoms with van der Waals surface area (Å²) in [7, 11) is 1.55. The molecule has 0 fully saturated rings. The Balaban J connectivity index is 1.69. The maximum atomic E-state index is 12.5. The standard InChI is InChI=1S/C24H21BrN2O5/c1-3-31-21-11-4-16(5-12-21)23(28)27-26-15-18-14-19(25)8-13-22(18)32-24(29)17-6-9-20(30-2)10-7-17/h4-15H,3H2,1-2H3,(H,27,28)/b26-15+. The Bertz CT molecular complexity index is 1110. The molecule has 0 aliphatic heterocycles. The van der Waals surface area contributed by atoms with Gasteiger partial charge in [0.15, 0.2) is 0 Å². The second kappa shape index (κ2) is 11.1. The number of halogens is 1. The van der Waals surface area contributed by atoms with Crippen molar-refractivity contribution in [1.29, 1.82) is 0 Å². The fourth-order valence-electron chi connectivity index (χ4n) is 2.69. The van der Waals surface area contributed by atoms with E-state index in [0.717, 1.165) is 4.47 Å². The highest BCUT2D eigenvalue weighted by molar-refractivity contribution is 9.10. The summed E-state index contributed by atoms with van der Waals surface area (Å²) in [5, 5.41) is 4.00. The van der Waals surface area contributed by atoms with Crippen molar-refractivity contribution in [2.45, 2.75) is 6.92 Å². The molecular weight excluding hydrogens is 476 g/mol. The number of rotatable bonds is 8. The van der Waals surface area contributed by atoms with E-state index in [-0.39, 0.29) is 5.91 Å². The molecule has 3 rings (SSSR count). The van der Waals surface area contributed by atoms with Gasteiger partial charge in [0.05, 0.1) is 25.5 Å². The van der Waals surface area contributed by atoms with E-state index in [9.17, 15) is 9.59 Å². The number of esters is 1. The molecule has 0 aromatic heterocycles. The van der Waals surface area contributed by atoms with E-state index in [2.05, 4.69) is 26.5 Å². The highest BCUT2D eigenvalue weighted by Gasteiger charge is 2.12. The molecule has 1 amide bonds. The van der Waals surface area contributed by atoms with E-state index in [1.54, 1.807) is 73.8 Å². The third-order valence-electron chi connectivity index (χ3n) is 4.30. The van der Waals surface area contributed by atoms with E-state index in [1.165, 1.54) is 6.21 Å². The van der Waals surface area contributed by atoms with Gasteiger partial charge in [0.1, 0.15) is 17.2 Å². The van der Waals surface area contributed by atoms with Gasteiger partial charge in [-0.2, -0.15) is 5.10 Å². The van der Waals surface area contributed by atoms with Crippen molar-refractivity contribution in [2.75, 3.05) is 13.7 Å². The van der Waals surface area contributed by atoms with Crippen LogP contribution in [0, 0.1) is 0 Å². The van der Waals surface area contributed by atoms with E-state index < -0.39 is 5.97 Å². The zero-order valence-electron chi connectivity index (χ0n) is 17.5. The van der Waals surface area contributed by atoms with Gasteiger partial charge in [0.25, 0.3) is 5.91 Å². The second-order valence-corrected chi connectivity index (χ2v) is 7.37. The number of nitrogens with one attached hydrogen (secondary N) is 1. The largest absolute Gasteiger partial charge is 0.497 e. The molecule has 3 aromatic carbocycles. The molecule has 0 unspecified atom stereocenters. The Hall–Kier alpha value is -3.65. The molecule has 0 heterocycles. The maximum Gasteiger partial charge on any atom is 0.343 e. The number of hydrogen-bond donors (Lipinski definition) is 1. The molecule has 0 atom stereocenters. The number of ether oxygens (including phenoxy) is 3. The third kappa shape index (κ3) is 6.18. The molecule has 0 saturated carbocycles. The SMILES string of the molecule is CCOc1ccc(C(=O)N/N=C/c2cc(Br)ccc2OC(=O)c2ccc(OC)cc2)cc1. The van der Waals surface area contributed by atoms with Crippen LogP contribution in [0.4, 0.5) is 0 Å². The van der Waals surface area contributed by atoms with Gasteiger partial charge in [0, 0.05) is 15.6 Å². The van der Waals surface area contributed by atoms with Gasteiger partial charge < -0.3 is 14.2 Å². The number of carbonyl (C=O) groups excluding carboxylic acids is 2. The lowest BCUT2D eigenvalue weighted by atomic mass is 10.2. The Morgan fingerprint density at radius 2 is 1.62 bits per heavy atom. The van der Waals surface area contributed by atoms with E-state index in [4.69, 9.17) is 14.2 Å². The molecular formula is C24H21BrN2O5. The van der Waals surface area contributed by atoms with Crippen LogP contribution in [0.3, 0.4) is 0 Å². The van der Waals surface area contributed by atoms with Crippen molar-refractivity contribution in [1.82, 2.24) is 5.43 Å². The van der Waals surface area contributed by atoms with E-state index >= 15 is 0 Å². The van der Waals surface area contributed by atoms with E-state index in [1.807, 2.05) is 6.92 Å². The molecule has 8 heteroatoms. The Kier molecular flexibility index (Phi) is 7.99. The van der Waals surface area contributed by atoms with Crippen molar-refractivity contribution >= 4 is 34.0 Å². The average molecular weight is 497 g/mol. The first-order valence-corrected chi connectivity index (χ1v) is 10.5. The summed E-state index contributed by atoms with van der Waals surface area (Å²) in [4.78, 5) is 24.8. The minimum Gasteiger partial charge on any atom is -0.497 e. The van der Waals surface area contributed by atoms with Gasteiger partial charge >= 0.3 is 5.97 Å². The summed E-state index contributed by atoms with van der Waals surface area (Å²) in [5.74, 6) is 0.721. The lowest BCUT2D eigenvalue weighted by Gasteiger charge is -2.09. The van der Waals surface area contributed by atoms with Crippen molar-refractivity contribution in [3.05, 3.63) is 87.9 Å². The lowest BCUT2D eigenvalue weighted by molar-refractivity contribution is 0.0734. The van der Waals surface area contributed by atoms with Crippen LogP contribution in [-0.4, -0.2) is 31.8 Å². The number of methoxy groups -OCH3 is 1. The molecule has 0 saturated heterocycles. The molecule has 32 heavy (non-hydrogen) atoms. The van der Waals surface area contributed by atoms with Crippen molar-refractivity contribution in [3.8, 4) is 17.2 Å². The highest BCUT2D eigenvalue weighted by Crippen LogP contribution is 2.23. The summed E-state index contributed by atoms with van der Waals surface area (Å²) >= 11 is 3.39. The number of nitrogens with zero attached hydrogens (tertiary/aromatic N) is 1. The molecule has 0 bridgehead atoms. The van der Waals surface area contributed by atoms with Gasteiger partial charge in [-0.25, -0.2) is 10.2 Å². The van der Waals surface area contributed by atoms with Crippen LogP contribution in [0.25, 0.3) is 0 Å². The molecule has 3 aromatic rings. The van der Waals surface area contributed by atoms with Gasteiger partial charge in [-0.05, 0) is 73.7 Å². The number of amides is 1. The van der Waals surface area contributed by atoms with Crippen molar-refractivity contribution in [2.24, 2.45) is 5.10 Å². The first-order valence-electron chi connectivity index (χ1n) is 9.72. The number of benzene rings is 3. The average Bonchev–Trinajstić information content (AvgIpc) is 2.81. The normalized spacial score (nSPS) is 10.6. The monoisotopic (exact) mass is 496 g/mol. The van der Waals surface area contributed by atoms with Crippen LogP contribution in [0.1, 0.15) is 33.2 Å². The zero-order valence-corrected chi connectivity index (χ0v) is 19.1. The Labute approximate surface area is 194 Å². The molecule has 164 valence electrons. The summed E-state index contributed by atoms with van der Waals surface area (Å²) in [6, 6.07) is 18.4. The highest BCUT2D eigenvalue weighted by atomic mass is 79.9. The third-order valence-corrected chi connectivity index (χ3v) is 4.79. The summed E-state index contributed by atoms with van der Waals surface area (Å²) in [6.45, 7) is 2.44. The molecule has 0 aliphatic carbocycles. The molecule has 0 radical (unpaired) electrons. The number of hydrogen-bond acceptors (Lipinski definition) is 6. The smallest absolute Gasteiger partial charge is 0.343 e. The zero-order chi connectivity index (χ0) is 22.9. The van der Waals surface area contributed by atoms with Gasteiger partial charge in [-0.3, -0.25) is 4.79 Å². The Morgan fingerprint density at radius 1 is 0.969 bits per heavy atom. The predicted molar refractivity (Wildman–Crippen MR) is 125 cm³/mol. The first kappa shape index (κ1) is 23.0. The molecule has 0 spiro atoms. The van der Waals surface area contributed by atoms with Crippen molar-refractivity contribution < 1.29 is 23.8 Å². The predicted octanol–water partition coefficient (Wildman–Crippen LogP) is 4.84. The minimum absolute atomic E-state index is 0.299. The summed E-state index contributed by atoms with van der Waals surface area (Å²) in [6.07, 6.45) is 1.41. The fourth-order valence-corrected chi connectivity index (χ4v) is 3.07. The minimum atomic E-state index is -0.525. The van der Waals surface area contributed by atoms with Crippen molar-refractivity contribution in [3.63, 3.8) is 0 Å². The summed E-state index contributed by atoms with van der Waals surface area (Å²) < 4.78 is 16.7. The quantitative estimate of drug-likeness (QED) is 0.208. The van der Waals surface area contributed by atoms with Gasteiger partial charge in [0.2, 0.25) is 0 Å². The second-order valence-electron chi connectivity index (χ2n) is 6.46. The molecule has 7 nitrogen and oxygen atoms in total. The van der Waals surface area contributed by atoms with Crippen LogP contribution in [0.15, 0.2) is 76.3 Å². The number of carbonyl (C=O) groups is 2. The fraction of sp³-hybridized carbons (Fsp3) is 0.125. The first-order chi connectivity index (χ1) is 15.5. The van der Waals surface area contributed by atoms with Crippen LogP contribution in [0.2, 0.25) is 0 Å². The lowest BCUT2D eigenvalue weighted by Crippen LogP contribution is -2.17. The van der Waals surface area contributed by atoms with Crippen LogP contribution < -0.4 is 19.6 Å². The van der Waals surface area contributed by atoms with Crippen LogP contribution in [0.5, 0.6) is 17.2 Å². The van der Waals surface area contributed by atoms with Gasteiger partial charge in [-0.1, -0.05) is 15.9 Å². The van der Waals surface area contributed by atoms with Gasteiger partial charge in [-0.15, -0.1) is 0 Å². The molecule has 1 N–H and O–H groups in total. The van der Waals surface area contributed by atoms with Crippen LogP contribution in [-0.2, 0) is 0 Å².